The van der Waals surface area contributed by atoms with Crippen LogP contribution in [-0.2, 0) is 11.2 Å². The van der Waals surface area contributed by atoms with Crippen LogP contribution in [0, 0.1) is 5.92 Å². The van der Waals surface area contributed by atoms with Gasteiger partial charge in [-0.15, -0.1) is 0 Å². The number of rotatable bonds is 6. The highest BCUT2D eigenvalue weighted by Crippen LogP contribution is 2.28. The lowest BCUT2D eigenvalue weighted by Gasteiger charge is -2.28. The zero-order valence-electron chi connectivity index (χ0n) is 16.5. The molecule has 2 atom stereocenters. The molecule has 2 aliphatic carbocycles. The molecule has 1 aromatic heterocycles. The average Bonchev–Trinajstić information content (AvgIpc) is 2.86. The summed E-state index contributed by atoms with van der Waals surface area (Å²) in [6.07, 6.45) is 12.2. The van der Waals surface area contributed by atoms with Crippen molar-refractivity contribution in [3.8, 4) is 0 Å². The monoisotopic (exact) mass is 374 g/mol. The first-order valence-corrected chi connectivity index (χ1v) is 10.3. The summed E-state index contributed by atoms with van der Waals surface area (Å²) in [5, 5.41) is 13.6. The minimum absolute atomic E-state index is 0.197. The summed E-state index contributed by atoms with van der Waals surface area (Å²) in [6.45, 7) is 3.89. The van der Waals surface area contributed by atoms with Crippen LogP contribution < -0.4 is 11.1 Å². The Morgan fingerprint density at radius 3 is 2.70 bits per heavy atom. The van der Waals surface area contributed by atoms with Gasteiger partial charge in [-0.1, -0.05) is 19.4 Å². The highest BCUT2D eigenvalue weighted by molar-refractivity contribution is 5.62. The fraction of sp³-hybridized carbons (Fsp3) is 0.714. The molecule has 150 valence electrons. The van der Waals surface area contributed by atoms with E-state index in [1.165, 1.54) is 6.42 Å². The molecule has 2 saturated carbocycles. The minimum atomic E-state index is -0.197. The number of nitrogens with two attached hydrogens (primary N) is 1. The molecule has 4 N–H and O–H groups in total. The fourth-order valence-corrected chi connectivity index (χ4v) is 4.43. The Bertz CT molecular complexity index is 629. The first kappa shape index (κ1) is 20.1. The molecule has 6 heteroatoms. The third-order valence-electron chi connectivity index (χ3n) is 6.04. The van der Waals surface area contributed by atoms with Crippen molar-refractivity contribution in [3.05, 3.63) is 24.0 Å². The number of methoxy groups -OCH3 is 1. The summed E-state index contributed by atoms with van der Waals surface area (Å²) in [4.78, 5) is 9.28. The number of aromatic nitrogens is 2. The maximum Gasteiger partial charge on any atom is 0.223 e. The number of aliphatic hydroxyl groups excluding tert-OH is 1. The quantitative estimate of drug-likeness (QED) is 0.662. The van der Waals surface area contributed by atoms with E-state index in [2.05, 4.69) is 16.9 Å². The first-order valence-electron chi connectivity index (χ1n) is 10.3. The molecule has 1 heterocycles. The third-order valence-corrected chi connectivity index (χ3v) is 6.04. The predicted octanol–water partition coefficient (Wildman–Crippen LogP) is 3.26. The minimum Gasteiger partial charge on any atom is -0.399 e. The van der Waals surface area contributed by atoms with Crippen molar-refractivity contribution in [2.75, 3.05) is 12.4 Å². The van der Waals surface area contributed by atoms with E-state index >= 15 is 0 Å². The Kier molecular flexibility index (Phi) is 7.07. The van der Waals surface area contributed by atoms with E-state index in [0.29, 0.717) is 29.7 Å². The molecule has 0 bridgehead atoms. The van der Waals surface area contributed by atoms with Gasteiger partial charge in [-0.25, -0.2) is 9.97 Å². The van der Waals surface area contributed by atoms with Gasteiger partial charge in [0, 0.05) is 30.6 Å². The van der Waals surface area contributed by atoms with E-state index in [0.717, 1.165) is 69.0 Å². The number of hydrogen-bond acceptors (Lipinski definition) is 6. The second-order valence-corrected chi connectivity index (χ2v) is 8.18. The molecular formula is C21H34N4O2. The van der Waals surface area contributed by atoms with Crippen LogP contribution in [0.5, 0.6) is 0 Å². The maximum atomic E-state index is 10.1. The number of ether oxygens (including phenoxy) is 1. The smallest absolute Gasteiger partial charge is 0.223 e. The van der Waals surface area contributed by atoms with Crippen molar-refractivity contribution in [1.29, 1.82) is 0 Å². The maximum absolute atomic E-state index is 10.1. The largest absolute Gasteiger partial charge is 0.399 e. The molecule has 0 amide bonds. The van der Waals surface area contributed by atoms with Crippen LogP contribution in [0.4, 0.5) is 5.95 Å². The van der Waals surface area contributed by atoms with E-state index in [1.807, 2.05) is 0 Å². The van der Waals surface area contributed by atoms with Gasteiger partial charge in [-0.2, -0.15) is 0 Å². The third kappa shape index (κ3) is 5.66. The molecule has 0 aromatic carbocycles. The molecule has 2 fully saturated rings. The lowest BCUT2D eigenvalue weighted by atomic mass is 9.92. The summed E-state index contributed by atoms with van der Waals surface area (Å²) in [5.41, 5.74) is 8.27. The van der Waals surface area contributed by atoms with Crippen LogP contribution in [0.3, 0.4) is 0 Å². The number of anilines is 1. The molecular weight excluding hydrogens is 340 g/mol. The highest BCUT2D eigenvalue weighted by atomic mass is 16.5. The van der Waals surface area contributed by atoms with E-state index in [9.17, 15) is 5.11 Å². The molecule has 27 heavy (non-hydrogen) atoms. The number of nitrogens with one attached hydrogen (secondary N) is 1. The van der Waals surface area contributed by atoms with Crippen molar-refractivity contribution >= 4 is 11.6 Å². The zero-order valence-corrected chi connectivity index (χ0v) is 16.5. The SMILES string of the molecule is C=C(N)c1cnc(NC2CCC(OC)CC2)nc1C[C@@H]1CCCC[C@@H](O)C1. The summed E-state index contributed by atoms with van der Waals surface area (Å²) in [6, 6.07) is 0.385. The summed E-state index contributed by atoms with van der Waals surface area (Å²) >= 11 is 0. The second-order valence-electron chi connectivity index (χ2n) is 8.18. The first-order chi connectivity index (χ1) is 13.0. The van der Waals surface area contributed by atoms with Gasteiger partial charge in [0.15, 0.2) is 0 Å². The van der Waals surface area contributed by atoms with Gasteiger partial charge >= 0.3 is 0 Å². The topological polar surface area (TPSA) is 93.3 Å². The molecule has 0 saturated heterocycles. The molecule has 6 nitrogen and oxygen atoms in total. The van der Waals surface area contributed by atoms with Crippen LogP contribution in [-0.4, -0.2) is 40.4 Å². The van der Waals surface area contributed by atoms with Gasteiger partial charge in [0.1, 0.15) is 0 Å². The van der Waals surface area contributed by atoms with Gasteiger partial charge in [0.2, 0.25) is 5.95 Å². The Morgan fingerprint density at radius 1 is 1.26 bits per heavy atom. The van der Waals surface area contributed by atoms with Crippen molar-refractivity contribution in [2.45, 2.75) is 82.5 Å². The van der Waals surface area contributed by atoms with Crippen molar-refractivity contribution in [1.82, 2.24) is 9.97 Å². The molecule has 2 aliphatic rings. The Labute approximate surface area is 162 Å². The van der Waals surface area contributed by atoms with Gasteiger partial charge < -0.3 is 20.9 Å². The van der Waals surface area contributed by atoms with Crippen LogP contribution in [0.2, 0.25) is 0 Å². The second kappa shape index (κ2) is 9.51. The normalized spacial score (nSPS) is 29.1. The lowest BCUT2D eigenvalue weighted by Crippen LogP contribution is -2.30. The molecule has 0 radical (unpaired) electrons. The highest BCUT2D eigenvalue weighted by Gasteiger charge is 2.23. The van der Waals surface area contributed by atoms with Crippen molar-refractivity contribution < 1.29 is 9.84 Å². The van der Waals surface area contributed by atoms with Gasteiger partial charge in [0.25, 0.3) is 0 Å². The Morgan fingerprint density at radius 2 is 2.00 bits per heavy atom. The van der Waals surface area contributed by atoms with E-state index in [4.69, 9.17) is 15.5 Å². The average molecular weight is 375 g/mol. The molecule has 0 spiro atoms. The predicted molar refractivity (Wildman–Crippen MR) is 108 cm³/mol. The van der Waals surface area contributed by atoms with E-state index < -0.39 is 0 Å². The summed E-state index contributed by atoms with van der Waals surface area (Å²) < 4.78 is 5.45. The number of hydrogen-bond donors (Lipinski definition) is 3. The van der Waals surface area contributed by atoms with Gasteiger partial charge in [-0.3, -0.25) is 0 Å². The van der Waals surface area contributed by atoms with Crippen molar-refractivity contribution in [3.63, 3.8) is 0 Å². The van der Waals surface area contributed by atoms with Gasteiger partial charge in [0.05, 0.1) is 17.9 Å². The number of aliphatic hydroxyl groups is 1. The molecule has 3 rings (SSSR count). The lowest BCUT2D eigenvalue weighted by molar-refractivity contribution is 0.0681. The summed E-state index contributed by atoms with van der Waals surface area (Å²) in [5.74, 6) is 1.10. The molecule has 0 aliphatic heterocycles. The van der Waals surface area contributed by atoms with Crippen LogP contribution in [0.15, 0.2) is 12.8 Å². The summed E-state index contributed by atoms with van der Waals surface area (Å²) in [7, 11) is 1.79. The van der Waals surface area contributed by atoms with Crippen LogP contribution in [0.25, 0.3) is 5.70 Å². The van der Waals surface area contributed by atoms with Crippen LogP contribution in [0.1, 0.15) is 69.0 Å². The zero-order chi connectivity index (χ0) is 19.2. The Balaban J connectivity index is 1.69. The Hall–Kier alpha value is -1.66. The molecule has 0 unspecified atom stereocenters. The van der Waals surface area contributed by atoms with Gasteiger partial charge in [-0.05, 0) is 57.3 Å². The number of nitrogens with zero attached hydrogens (tertiary/aromatic N) is 2. The van der Waals surface area contributed by atoms with E-state index in [1.54, 1.807) is 13.3 Å². The molecule has 1 aromatic rings. The van der Waals surface area contributed by atoms with E-state index in [-0.39, 0.29) is 6.10 Å². The van der Waals surface area contributed by atoms with Crippen molar-refractivity contribution in [2.24, 2.45) is 11.7 Å². The fourth-order valence-electron chi connectivity index (χ4n) is 4.43. The van der Waals surface area contributed by atoms with Crippen LogP contribution >= 0.6 is 0 Å². The standard InChI is InChI=1S/C21H34N4O2/c1-14(22)19-13-23-21(24-16-7-9-18(27-2)10-8-16)25-20(19)12-15-5-3-4-6-17(26)11-15/h13,15-18,26H,1,3-12,22H2,2H3,(H,23,24,25)/t15-,16?,17-,18?/m1/s1.